The van der Waals surface area contributed by atoms with Crippen LogP contribution in [-0.2, 0) is 21.0 Å². The standard InChI is InChI=1S/C28H32F2N6O4S/c1-17-15-35(16-23(31)28(17)40-8-9-41(3,37)38)25-6-7-32-13-18(25)10-26-33-14-19-4-5-24(34-36(19)26)27-21(29)11-20(39-2)12-22(27)30/h4-7,11-14,17,23,28H,8-10,15-16,31H2,1-3H3/t17-,23+,28-/m0/s1. The Labute approximate surface area is 237 Å². The van der Waals surface area contributed by atoms with Gasteiger partial charge in [0.15, 0.2) is 0 Å². The van der Waals surface area contributed by atoms with Gasteiger partial charge in [-0.25, -0.2) is 26.7 Å². The fraction of sp³-hybridized carbons (Fsp3) is 0.393. The normalized spacial score (nSPS) is 19.6. The second kappa shape index (κ2) is 11.7. The molecular weight excluding hydrogens is 554 g/mol. The maximum atomic E-state index is 14.8. The lowest BCUT2D eigenvalue weighted by atomic mass is 9.91. The van der Waals surface area contributed by atoms with Gasteiger partial charge in [-0.05, 0) is 18.2 Å². The molecule has 0 amide bonds. The molecule has 0 saturated carbocycles. The monoisotopic (exact) mass is 586 g/mol. The number of sulfone groups is 1. The average molecular weight is 587 g/mol. The number of hydrogen-bond acceptors (Lipinski definition) is 9. The van der Waals surface area contributed by atoms with Crippen LogP contribution in [0.25, 0.3) is 16.8 Å². The molecule has 0 bridgehead atoms. The van der Waals surface area contributed by atoms with E-state index in [-0.39, 0.29) is 47.4 Å². The largest absolute Gasteiger partial charge is 0.497 e. The third-order valence-corrected chi connectivity index (χ3v) is 8.12. The Balaban J connectivity index is 1.39. The lowest BCUT2D eigenvalue weighted by Crippen LogP contribution is -2.57. The minimum atomic E-state index is -3.12. The number of pyridine rings is 1. The number of nitrogens with zero attached hydrogens (tertiary/aromatic N) is 5. The summed E-state index contributed by atoms with van der Waals surface area (Å²) in [6, 6.07) is 7.08. The highest BCUT2D eigenvalue weighted by Crippen LogP contribution is 2.31. The molecule has 13 heteroatoms. The van der Waals surface area contributed by atoms with Crippen molar-refractivity contribution in [2.24, 2.45) is 11.7 Å². The van der Waals surface area contributed by atoms with E-state index in [9.17, 15) is 17.2 Å². The molecule has 3 atom stereocenters. The second-order valence-electron chi connectivity index (χ2n) is 10.4. The van der Waals surface area contributed by atoms with Gasteiger partial charge in [-0.2, -0.15) is 5.10 Å². The van der Waals surface area contributed by atoms with E-state index < -0.39 is 21.5 Å². The highest BCUT2D eigenvalue weighted by atomic mass is 32.2. The predicted molar refractivity (Wildman–Crippen MR) is 151 cm³/mol. The van der Waals surface area contributed by atoms with E-state index in [1.807, 2.05) is 13.0 Å². The van der Waals surface area contributed by atoms with Gasteiger partial charge in [0, 0.05) is 73.5 Å². The summed E-state index contributed by atoms with van der Waals surface area (Å²) >= 11 is 0. The first-order valence-electron chi connectivity index (χ1n) is 13.1. The summed E-state index contributed by atoms with van der Waals surface area (Å²) in [6.07, 6.45) is 6.39. The smallest absolute Gasteiger partial charge is 0.149 e. The van der Waals surface area contributed by atoms with Gasteiger partial charge in [-0.1, -0.05) is 6.92 Å². The minimum absolute atomic E-state index is 0.0464. The first kappa shape index (κ1) is 28.8. The number of fused-ring (bicyclic) bond motifs is 1. The summed E-state index contributed by atoms with van der Waals surface area (Å²) in [5, 5.41) is 4.52. The van der Waals surface area contributed by atoms with Crippen LogP contribution in [0.2, 0.25) is 0 Å². The molecule has 1 aliphatic heterocycles. The maximum absolute atomic E-state index is 14.8. The molecular formula is C28H32F2N6O4S. The first-order chi connectivity index (χ1) is 19.5. The lowest BCUT2D eigenvalue weighted by Gasteiger charge is -2.42. The summed E-state index contributed by atoms with van der Waals surface area (Å²) < 4.78 is 65.0. The highest BCUT2D eigenvalue weighted by Gasteiger charge is 2.34. The van der Waals surface area contributed by atoms with Gasteiger partial charge < -0.3 is 20.1 Å². The number of imidazole rings is 1. The molecule has 5 rings (SSSR count). The van der Waals surface area contributed by atoms with Crippen molar-refractivity contribution in [3.05, 3.63) is 71.9 Å². The van der Waals surface area contributed by atoms with Crippen molar-refractivity contribution in [1.29, 1.82) is 0 Å². The van der Waals surface area contributed by atoms with Gasteiger partial charge in [0.05, 0.1) is 48.5 Å². The molecule has 3 aromatic heterocycles. The van der Waals surface area contributed by atoms with Crippen LogP contribution in [0.4, 0.5) is 14.5 Å². The van der Waals surface area contributed by atoms with Gasteiger partial charge in [0.2, 0.25) is 0 Å². The summed E-state index contributed by atoms with van der Waals surface area (Å²) in [5.74, 6) is -0.909. The Morgan fingerprint density at radius 3 is 2.56 bits per heavy atom. The Hall–Kier alpha value is -3.68. The highest BCUT2D eigenvalue weighted by molar-refractivity contribution is 7.90. The number of aromatic nitrogens is 4. The van der Waals surface area contributed by atoms with Crippen molar-refractivity contribution in [2.75, 3.05) is 43.7 Å². The average Bonchev–Trinajstić information content (AvgIpc) is 3.31. The molecule has 0 unspecified atom stereocenters. The van der Waals surface area contributed by atoms with Gasteiger partial charge in [0.1, 0.15) is 33.0 Å². The van der Waals surface area contributed by atoms with Gasteiger partial charge in [-0.15, -0.1) is 0 Å². The van der Waals surface area contributed by atoms with E-state index in [1.165, 1.54) is 13.4 Å². The number of hydrogen-bond donors (Lipinski definition) is 1. The minimum Gasteiger partial charge on any atom is -0.497 e. The van der Waals surface area contributed by atoms with E-state index in [0.717, 1.165) is 23.4 Å². The molecule has 218 valence electrons. The zero-order valence-corrected chi connectivity index (χ0v) is 23.8. The molecule has 1 saturated heterocycles. The SMILES string of the molecule is COc1cc(F)c(-c2ccc3cnc(Cc4cnccc4N4C[C@@H](N)[C@@H](OCCS(C)(=O)=O)[C@@H](C)C4)n3n2)c(F)c1. The Bertz CT molecular complexity index is 1630. The number of nitrogens with two attached hydrogens (primary N) is 1. The Kier molecular flexibility index (Phi) is 8.20. The van der Waals surface area contributed by atoms with Crippen molar-refractivity contribution in [3.63, 3.8) is 0 Å². The molecule has 10 nitrogen and oxygen atoms in total. The van der Waals surface area contributed by atoms with Gasteiger partial charge >= 0.3 is 0 Å². The van der Waals surface area contributed by atoms with Crippen molar-refractivity contribution < 1.29 is 26.7 Å². The van der Waals surface area contributed by atoms with Crippen LogP contribution in [0.3, 0.4) is 0 Å². The van der Waals surface area contributed by atoms with E-state index in [0.29, 0.717) is 30.9 Å². The van der Waals surface area contributed by atoms with Crippen molar-refractivity contribution in [2.45, 2.75) is 25.5 Å². The Morgan fingerprint density at radius 2 is 1.88 bits per heavy atom. The molecule has 1 fully saturated rings. The van der Waals surface area contributed by atoms with Crippen molar-refractivity contribution in [1.82, 2.24) is 19.6 Å². The Morgan fingerprint density at radius 1 is 1.12 bits per heavy atom. The number of piperidine rings is 1. The van der Waals surface area contributed by atoms with Gasteiger partial charge in [0.25, 0.3) is 0 Å². The van der Waals surface area contributed by atoms with Crippen LogP contribution in [0, 0.1) is 17.6 Å². The zero-order valence-electron chi connectivity index (χ0n) is 23.0. The summed E-state index contributed by atoms with van der Waals surface area (Å²) in [6.45, 7) is 3.29. The molecule has 0 aliphatic carbocycles. The quantitative estimate of drug-likeness (QED) is 0.315. The first-order valence-corrected chi connectivity index (χ1v) is 15.2. The topological polar surface area (TPSA) is 125 Å². The van der Waals surface area contributed by atoms with E-state index >= 15 is 0 Å². The summed E-state index contributed by atoms with van der Waals surface area (Å²) in [7, 11) is -1.78. The van der Waals surface area contributed by atoms with Gasteiger partial charge in [-0.3, -0.25) is 4.98 Å². The summed E-state index contributed by atoms with van der Waals surface area (Å²) in [5.41, 5.74) is 8.85. The predicted octanol–water partition coefficient (Wildman–Crippen LogP) is 2.88. The van der Waals surface area contributed by atoms with Crippen LogP contribution >= 0.6 is 0 Å². The van der Waals surface area contributed by atoms with Crippen LogP contribution in [0.1, 0.15) is 18.3 Å². The maximum Gasteiger partial charge on any atom is 0.149 e. The molecule has 1 aliphatic rings. The third-order valence-electron chi connectivity index (χ3n) is 7.22. The summed E-state index contributed by atoms with van der Waals surface area (Å²) in [4.78, 5) is 11.0. The second-order valence-corrected chi connectivity index (χ2v) is 12.6. The van der Waals surface area contributed by atoms with E-state index in [4.69, 9.17) is 15.2 Å². The van der Waals surface area contributed by atoms with Crippen molar-refractivity contribution in [3.8, 4) is 17.0 Å². The van der Waals surface area contributed by atoms with E-state index in [2.05, 4.69) is 20.0 Å². The van der Waals surface area contributed by atoms with Crippen LogP contribution in [-0.4, -0.2) is 79.0 Å². The fourth-order valence-electron chi connectivity index (χ4n) is 5.26. The van der Waals surface area contributed by atoms with Crippen molar-refractivity contribution >= 4 is 21.0 Å². The van der Waals surface area contributed by atoms with E-state index in [1.54, 1.807) is 35.2 Å². The number of anilines is 1. The van der Waals surface area contributed by atoms with Crippen LogP contribution in [0.15, 0.2) is 48.9 Å². The number of ether oxygens (including phenoxy) is 2. The zero-order chi connectivity index (χ0) is 29.3. The molecule has 2 N–H and O–H groups in total. The lowest BCUT2D eigenvalue weighted by molar-refractivity contribution is 0.00179. The molecule has 0 radical (unpaired) electrons. The third kappa shape index (κ3) is 6.31. The number of halogens is 2. The van der Waals surface area contributed by atoms with Crippen LogP contribution < -0.4 is 15.4 Å². The molecule has 1 aromatic carbocycles. The number of methoxy groups -OCH3 is 1. The molecule has 4 aromatic rings. The molecule has 41 heavy (non-hydrogen) atoms. The number of rotatable bonds is 9. The molecule has 0 spiro atoms. The molecule has 4 heterocycles. The number of benzene rings is 1. The van der Waals surface area contributed by atoms with Crippen LogP contribution in [0.5, 0.6) is 5.75 Å². The fourth-order valence-corrected chi connectivity index (χ4v) is 5.66.